The molecule has 0 saturated carbocycles. The summed E-state index contributed by atoms with van der Waals surface area (Å²) in [7, 11) is 0. The number of aromatic nitrogens is 2. The van der Waals surface area contributed by atoms with Gasteiger partial charge in [-0.15, -0.1) is 0 Å². The van der Waals surface area contributed by atoms with E-state index >= 15 is 0 Å². The zero-order valence-corrected chi connectivity index (χ0v) is 12.7. The van der Waals surface area contributed by atoms with Crippen LogP contribution in [0.1, 0.15) is 32.0 Å². The largest absolute Gasteiger partial charge is 0.507 e. The smallest absolute Gasteiger partial charge is 0.261 e. The third kappa shape index (κ3) is 2.45. The van der Waals surface area contributed by atoms with Crippen LogP contribution < -0.4 is 0 Å². The summed E-state index contributed by atoms with van der Waals surface area (Å²) in [5.74, 6) is 0.943. The third-order valence-corrected chi connectivity index (χ3v) is 4.05. The van der Waals surface area contributed by atoms with Gasteiger partial charge in [0.15, 0.2) is 0 Å². The van der Waals surface area contributed by atoms with Crippen molar-refractivity contribution in [3.63, 3.8) is 0 Å². The molecule has 1 fully saturated rings. The molecule has 0 aliphatic carbocycles. The molecule has 1 aliphatic heterocycles. The Morgan fingerprint density at radius 2 is 2.20 bits per heavy atom. The van der Waals surface area contributed by atoms with Gasteiger partial charge in [0.25, 0.3) is 5.89 Å². The lowest BCUT2D eigenvalue weighted by Gasteiger charge is -2.30. The summed E-state index contributed by atoms with van der Waals surface area (Å²) >= 11 is 3.36. The van der Waals surface area contributed by atoms with Gasteiger partial charge in [0, 0.05) is 11.1 Å². The van der Waals surface area contributed by atoms with Gasteiger partial charge >= 0.3 is 0 Å². The van der Waals surface area contributed by atoms with Crippen molar-refractivity contribution in [2.45, 2.75) is 31.8 Å². The SMILES string of the molecule is CC1(c2noc(-c3cc(Br)ccc3O)n2)CCCCO1. The van der Waals surface area contributed by atoms with Crippen LogP contribution in [0.15, 0.2) is 27.2 Å². The molecule has 1 atom stereocenters. The first-order valence-corrected chi connectivity index (χ1v) is 7.35. The van der Waals surface area contributed by atoms with E-state index in [2.05, 4.69) is 26.1 Å². The zero-order chi connectivity index (χ0) is 14.2. The molecule has 1 N–H and O–H groups in total. The Labute approximate surface area is 125 Å². The van der Waals surface area contributed by atoms with Gasteiger partial charge in [0.05, 0.1) is 5.56 Å². The third-order valence-electron chi connectivity index (χ3n) is 3.56. The first kappa shape index (κ1) is 13.6. The number of nitrogens with zero attached hydrogens (tertiary/aromatic N) is 2. The van der Waals surface area contributed by atoms with Gasteiger partial charge in [-0.3, -0.25) is 0 Å². The van der Waals surface area contributed by atoms with Crippen LogP contribution in [0.5, 0.6) is 5.75 Å². The summed E-state index contributed by atoms with van der Waals surface area (Å²) in [6.45, 7) is 2.68. The quantitative estimate of drug-likeness (QED) is 0.905. The second-order valence-electron chi connectivity index (χ2n) is 5.12. The second-order valence-corrected chi connectivity index (χ2v) is 6.04. The molecule has 2 heterocycles. The van der Waals surface area contributed by atoms with E-state index in [1.54, 1.807) is 18.2 Å². The van der Waals surface area contributed by atoms with E-state index in [4.69, 9.17) is 9.26 Å². The highest BCUT2D eigenvalue weighted by molar-refractivity contribution is 9.10. The van der Waals surface area contributed by atoms with E-state index in [0.29, 0.717) is 23.9 Å². The molecule has 2 aromatic rings. The van der Waals surface area contributed by atoms with E-state index in [0.717, 1.165) is 23.7 Å². The maximum absolute atomic E-state index is 9.89. The fourth-order valence-corrected chi connectivity index (χ4v) is 2.70. The molecule has 5 nitrogen and oxygen atoms in total. The van der Waals surface area contributed by atoms with E-state index in [1.165, 1.54) is 0 Å². The van der Waals surface area contributed by atoms with Crippen molar-refractivity contribution in [3.8, 4) is 17.2 Å². The second kappa shape index (κ2) is 5.18. The number of hydrogen-bond acceptors (Lipinski definition) is 5. The van der Waals surface area contributed by atoms with Crippen molar-refractivity contribution >= 4 is 15.9 Å². The normalized spacial score (nSPS) is 22.9. The van der Waals surface area contributed by atoms with Crippen molar-refractivity contribution in [2.75, 3.05) is 6.61 Å². The van der Waals surface area contributed by atoms with Crippen LogP contribution in [-0.2, 0) is 10.3 Å². The Morgan fingerprint density at radius 1 is 1.35 bits per heavy atom. The minimum absolute atomic E-state index is 0.109. The standard InChI is InChI=1S/C14H15BrN2O3/c1-14(6-2-3-7-19-14)13-16-12(20-17-13)10-8-9(15)4-5-11(10)18/h4-5,8,18H,2-3,6-7H2,1H3. The lowest BCUT2D eigenvalue weighted by Crippen LogP contribution is -2.31. The fraction of sp³-hybridized carbons (Fsp3) is 0.429. The molecule has 3 rings (SSSR count). The summed E-state index contributed by atoms with van der Waals surface area (Å²) < 4.78 is 11.9. The van der Waals surface area contributed by atoms with Gasteiger partial charge in [-0.2, -0.15) is 4.98 Å². The first-order valence-electron chi connectivity index (χ1n) is 6.55. The highest BCUT2D eigenvalue weighted by Gasteiger charge is 2.35. The van der Waals surface area contributed by atoms with E-state index < -0.39 is 5.60 Å². The average molecular weight is 339 g/mol. The van der Waals surface area contributed by atoms with Crippen LogP contribution >= 0.6 is 15.9 Å². The maximum atomic E-state index is 9.89. The van der Waals surface area contributed by atoms with E-state index in [1.807, 2.05) is 6.92 Å². The number of halogens is 1. The summed E-state index contributed by atoms with van der Waals surface area (Å²) in [6, 6.07) is 5.08. The van der Waals surface area contributed by atoms with Crippen LogP contribution in [0.2, 0.25) is 0 Å². The van der Waals surface area contributed by atoms with Crippen LogP contribution in [0, 0.1) is 0 Å². The number of phenols is 1. The predicted molar refractivity (Wildman–Crippen MR) is 76.3 cm³/mol. The summed E-state index contributed by atoms with van der Waals surface area (Å²) in [5.41, 5.74) is 0.0132. The minimum atomic E-state index is -0.498. The predicted octanol–water partition coefficient (Wildman–Crippen LogP) is 3.62. The van der Waals surface area contributed by atoms with Gasteiger partial charge in [0.1, 0.15) is 11.4 Å². The summed E-state index contributed by atoms with van der Waals surface area (Å²) in [6.07, 6.45) is 3.02. The van der Waals surface area contributed by atoms with Crippen LogP contribution in [0.3, 0.4) is 0 Å². The molecule has 1 saturated heterocycles. The lowest BCUT2D eigenvalue weighted by molar-refractivity contribution is -0.0770. The van der Waals surface area contributed by atoms with Crippen molar-refractivity contribution in [2.24, 2.45) is 0 Å². The molecule has 1 aromatic carbocycles. The topological polar surface area (TPSA) is 68.4 Å². The Bertz CT molecular complexity index is 621. The zero-order valence-electron chi connectivity index (χ0n) is 11.1. The highest BCUT2D eigenvalue weighted by Crippen LogP contribution is 2.36. The van der Waals surface area contributed by atoms with Gasteiger partial charge < -0.3 is 14.4 Å². The number of hydrogen-bond donors (Lipinski definition) is 1. The number of rotatable bonds is 2. The Hall–Kier alpha value is -1.40. The van der Waals surface area contributed by atoms with Crippen molar-refractivity contribution < 1.29 is 14.4 Å². The fourth-order valence-electron chi connectivity index (χ4n) is 2.34. The van der Waals surface area contributed by atoms with Gasteiger partial charge in [0.2, 0.25) is 5.82 Å². The van der Waals surface area contributed by atoms with Crippen LogP contribution in [-0.4, -0.2) is 21.9 Å². The van der Waals surface area contributed by atoms with E-state index in [-0.39, 0.29) is 5.75 Å². The maximum Gasteiger partial charge on any atom is 0.261 e. The molecule has 0 radical (unpaired) electrons. The first-order chi connectivity index (χ1) is 9.58. The molecule has 0 amide bonds. The molecule has 0 spiro atoms. The Balaban J connectivity index is 1.95. The monoisotopic (exact) mass is 338 g/mol. The number of benzene rings is 1. The van der Waals surface area contributed by atoms with Crippen molar-refractivity contribution in [1.82, 2.24) is 10.1 Å². The molecule has 20 heavy (non-hydrogen) atoms. The van der Waals surface area contributed by atoms with Gasteiger partial charge in [-0.1, -0.05) is 21.1 Å². The molecular weight excluding hydrogens is 324 g/mol. The average Bonchev–Trinajstić information content (AvgIpc) is 2.93. The summed E-state index contributed by atoms with van der Waals surface area (Å²) in [5, 5.41) is 13.9. The number of ether oxygens (including phenoxy) is 1. The summed E-state index contributed by atoms with van der Waals surface area (Å²) in [4.78, 5) is 4.39. The van der Waals surface area contributed by atoms with Crippen molar-refractivity contribution in [1.29, 1.82) is 0 Å². The molecule has 1 aromatic heterocycles. The minimum Gasteiger partial charge on any atom is -0.507 e. The van der Waals surface area contributed by atoms with Gasteiger partial charge in [-0.25, -0.2) is 0 Å². The Kier molecular flexibility index (Phi) is 3.52. The molecular formula is C14H15BrN2O3. The van der Waals surface area contributed by atoms with Crippen LogP contribution in [0.4, 0.5) is 0 Å². The highest BCUT2D eigenvalue weighted by atomic mass is 79.9. The number of aromatic hydroxyl groups is 1. The van der Waals surface area contributed by atoms with E-state index in [9.17, 15) is 5.11 Å². The molecule has 1 unspecified atom stereocenters. The number of phenolic OH excluding ortho intramolecular Hbond substituents is 1. The van der Waals surface area contributed by atoms with Crippen LogP contribution in [0.25, 0.3) is 11.5 Å². The molecule has 0 bridgehead atoms. The molecule has 6 heteroatoms. The van der Waals surface area contributed by atoms with Crippen molar-refractivity contribution in [3.05, 3.63) is 28.5 Å². The molecule has 106 valence electrons. The van der Waals surface area contributed by atoms with Gasteiger partial charge in [-0.05, 0) is 44.4 Å². The Morgan fingerprint density at radius 3 is 2.95 bits per heavy atom. The molecule has 1 aliphatic rings. The lowest BCUT2D eigenvalue weighted by atomic mass is 9.95.